The number of ether oxygens (including phenoxy) is 1. The highest BCUT2D eigenvalue weighted by atomic mass is 16.5. The van der Waals surface area contributed by atoms with Crippen LogP contribution in [0.4, 0.5) is 0 Å². The van der Waals surface area contributed by atoms with Crippen LogP contribution in [0.1, 0.15) is 94.4 Å². The average molecular weight is 261 g/mol. The minimum absolute atomic E-state index is 0.797. The summed E-state index contributed by atoms with van der Waals surface area (Å²) in [5.74, 6) is 1.16. The van der Waals surface area contributed by atoms with Gasteiger partial charge in [0.25, 0.3) is 0 Å². The lowest BCUT2D eigenvalue weighted by atomic mass is 10.2. The van der Waals surface area contributed by atoms with Crippen LogP contribution in [-0.2, 0) is 4.74 Å². The number of hydrogen-bond donors (Lipinski definition) is 0. The Morgan fingerprint density at radius 1 is 0.833 bits per heavy atom. The first kappa shape index (κ1) is 26.2. The second kappa shape index (κ2) is 36.0. The third-order valence-electron chi connectivity index (χ3n) is 1.26. The fraction of sp³-hybridized carbons (Fsp3) is 0.882. The molecule has 0 aliphatic rings. The highest BCUT2D eigenvalue weighted by Crippen LogP contribution is 2.06. The van der Waals surface area contributed by atoms with Gasteiger partial charge in [-0.3, -0.25) is 0 Å². The molecular weight excluding hydrogens is 220 g/mol. The molecule has 0 amide bonds. The molecule has 114 valence electrons. The predicted molar refractivity (Wildman–Crippen MR) is 88.2 cm³/mol. The average Bonchev–Trinajstić information content (AvgIpc) is 2.35. The molecule has 18 heavy (non-hydrogen) atoms. The van der Waals surface area contributed by atoms with Gasteiger partial charge in [-0.1, -0.05) is 68.2 Å². The lowest BCUT2D eigenvalue weighted by molar-refractivity contribution is 0.216. The summed E-state index contributed by atoms with van der Waals surface area (Å²) in [6.07, 6.45) is 8.00. The standard InChI is InChI=1S/C9H18O.2C3H8.C2H6/c1-4-7-9(8-5-2)10-6-3;2*1-3-2;1-2/h7H,4-6,8H2,1-3H3;2*3H2,1-2H3;1-2H3/b9-7-;;;. The molecule has 0 saturated carbocycles. The molecule has 0 heterocycles. The van der Waals surface area contributed by atoms with Gasteiger partial charge < -0.3 is 4.74 Å². The van der Waals surface area contributed by atoms with Gasteiger partial charge >= 0.3 is 0 Å². The molecule has 0 N–H and O–H groups in total. The van der Waals surface area contributed by atoms with E-state index in [-0.39, 0.29) is 0 Å². The first-order valence-electron chi connectivity index (χ1n) is 7.99. The van der Waals surface area contributed by atoms with E-state index in [2.05, 4.69) is 47.6 Å². The molecule has 0 aliphatic carbocycles. The van der Waals surface area contributed by atoms with E-state index < -0.39 is 0 Å². The summed E-state index contributed by atoms with van der Waals surface area (Å²) >= 11 is 0. The Morgan fingerprint density at radius 3 is 1.44 bits per heavy atom. The summed E-state index contributed by atoms with van der Waals surface area (Å²) in [5.41, 5.74) is 0. The van der Waals surface area contributed by atoms with Crippen molar-refractivity contribution < 1.29 is 4.74 Å². The van der Waals surface area contributed by atoms with Crippen molar-refractivity contribution in [3.8, 4) is 0 Å². The van der Waals surface area contributed by atoms with Crippen LogP contribution < -0.4 is 0 Å². The number of rotatable bonds is 5. The highest BCUT2D eigenvalue weighted by molar-refractivity contribution is 4.91. The summed E-state index contributed by atoms with van der Waals surface area (Å²) in [4.78, 5) is 0. The molecule has 0 rings (SSSR count). The normalized spacial score (nSPS) is 8.83. The minimum atomic E-state index is 0.797. The molecule has 1 heteroatoms. The van der Waals surface area contributed by atoms with Crippen LogP contribution >= 0.6 is 0 Å². The second-order valence-corrected chi connectivity index (χ2v) is 3.68. The van der Waals surface area contributed by atoms with Gasteiger partial charge in [0.1, 0.15) is 0 Å². The third kappa shape index (κ3) is 45.0. The molecule has 0 spiro atoms. The van der Waals surface area contributed by atoms with Crippen molar-refractivity contribution in [1.29, 1.82) is 0 Å². The zero-order valence-electron chi connectivity index (χ0n) is 14.7. The fourth-order valence-electron chi connectivity index (χ4n) is 0.893. The van der Waals surface area contributed by atoms with Gasteiger partial charge in [0, 0.05) is 6.42 Å². The van der Waals surface area contributed by atoms with Gasteiger partial charge in [-0.15, -0.1) is 0 Å². The SMILES string of the molecule is CC.CC/C=C(/CCC)OCC.CCC.CCC. The largest absolute Gasteiger partial charge is 0.499 e. The van der Waals surface area contributed by atoms with Crippen LogP contribution in [0.3, 0.4) is 0 Å². The molecule has 0 aromatic rings. The van der Waals surface area contributed by atoms with Crippen molar-refractivity contribution in [2.24, 2.45) is 0 Å². The van der Waals surface area contributed by atoms with E-state index >= 15 is 0 Å². The first-order chi connectivity index (χ1) is 8.67. The van der Waals surface area contributed by atoms with Crippen LogP contribution in [0.5, 0.6) is 0 Å². The van der Waals surface area contributed by atoms with E-state index in [1.54, 1.807) is 0 Å². The molecule has 0 aromatic carbocycles. The third-order valence-corrected chi connectivity index (χ3v) is 1.26. The zero-order chi connectivity index (χ0) is 15.2. The maximum absolute atomic E-state index is 5.38. The second-order valence-electron chi connectivity index (χ2n) is 3.68. The van der Waals surface area contributed by atoms with Gasteiger partial charge in [-0.25, -0.2) is 0 Å². The lowest BCUT2D eigenvalue weighted by Gasteiger charge is -2.05. The van der Waals surface area contributed by atoms with Crippen LogP contribution in [0.25, 0.3) is 0 Å². The van der Waals surface area contributed by atoms with Gasteiger partial charge in [-0.2, -0.15) is 0 Å². The highest BCUT2D eigenvalue weighted by Gasteiger charge is 1.92. The molecule has 0 radical (unpaired) electrons. The molecule has 0 atom stereocenters. The maximum Gasteiger partial charge on any atom is 0.0919 e. The summed E-state index contributed by atoms with van der Waals surface area (Å²) in [7, 11) is 0. The molecule has 0 aliphatic heterocycles. The van der Waals surface area contributed by atoms with E-state index in [0.717, 1.165) is 25.2 Å². The Labute approximate surface area is 118 Å². The molecule has 0 unspecified atom stereocenters. The monoisotopic (exact) mass is 260 g/mol. The molecular formula is C17H40O. The Kier molecular flexibility index (Phi) is 52.3. The van der Waals surface area contributed by atoms with Crippen molar-refractivity contribution in [1.82, 2.24) is 0 Å². The summed E-state index contributed by atoms with van der Waals surface area (Å²) in [6, 6.07) is 0. The minimum Gasteiger partial charge on any atom is -0.499 e. The molecule has 0 saturated heterocycles. The molecule has 0 fully saturated rings. The Bertz CT molecular complexity index is 107. The summed E-state index contributed by atoms with van der Waals surface area (Å²) in [5, 5.41) is 0. The Morgan fingerprint density at radius 2 is 1.22 bits per heavy atom. The topological polar surface area (TPSA) is 9.23 Å². The zero-order valence-corrected chi connectivity index (χ0v) is 14.7. The number of allylic oxidation sites excluding steroid dienone is 2. The summed E-state index contributed by atoms with van der Waals surface area (Å²) < 4.78 is 5.38. The van der Waals surface area contributed by atoms with Crippen LogP contribution in [0, 0.1) is 0 Å². The molecule has 0 bridgehead atoms. The number of hydrogen-bond acceptors (Lipinski definition) is 1. The first-order valence-corrected chi connectivity index (χ1v) is 7.99. The van der Waals surface area contributed by atoms with E-state index in [1.165, 1.54) is 19.3 Å². The van der Waals surface area contributed by atoms with E-state index in [0.29, 0.717) is 0 Å². The fourth-order valence-corrected chi connectivity index (χ4v) is 0.893. The van der Waals surface area contributed by atoms with Crippen molar-refractivity contribution >= 4 is 0 Å². The van der Waals surface area contributed by atoms with Gasteiger partial charge in [0.05, 0.1) is 12.4 Å². The lowest BCUT2D eigenvalue weighted by Crippen LogP contribution is -1.90. The van der Waals surface area contributed by atoms with E-state index in [9.17, 15) is 0 Å². The summed E-state index contributed by atoms with van der Waals surface area (Å²) in [6.45, 7) is 19.6. The maximum atomic E-state index is 5.38. The van der Waals surface area contributed by atoms with Gasteiger partial charge in [-0.05, 0) is 25.8 Å². The van der Waals surface area contributed by atoms with Crippen molar-refractivity contribution in [2.75, 3.05) is 6.61 Å². The van der Waals surface area contributed by atoms with Gasteiger partial charge in [0.2, 0.25) is 0 Å². The van der Waals surface area contributed by atoms with Crippen LogP contribution in [-0.4, -0.2) is 6.61 Å². The van der Waals surface area contributed by atoms with E-state index in [4.69, 9.17) is 4.74 Å². The van der Waals surface area contributed by atoms with Crippen LogP contribution in [0.2, 0.25) is 0 Å². The Hall–Kier alpha value is -0.460. The van der Waals surface area contributed by atoms with Gasteiger partial charge in [0.15, 0.2) is 0 Å². The molecule has 1 nitrogen and oxygen atoms in total. The van der Waals surface area contributed by atoms with E-state index in [1.807, 2.05) is 20.8 Å². The quantitative estimate of drug-likeness (QED) is 0.485. The van der Waals surface area contributed by atoms with Crippen LogP contribution in [0.15, 0.2) is 11.8 Å². The van der Waals surface area contributed by atoms with Crippen molar-refractivity contribution in [3.63, 3.8) is 0 Å². The predicted octanol–water partition coefficient (Wildman–Crippen LogP) is 6.98. The van der Waals surface area contributed by atoms with Crippen molar-refractivity contribution in [2.45, 2.75) is 94.4 Å². The van der Waals surface area contributed by atoms with Crippen molar-refractivity contribution in [3.05, 3.63) is 11.8 Å². The smallest absolute Gasteiger partial charge is 0.0919 e. The molecule has 0 aromatic heterocycles. The Balaban J connectivity index is -0.000000102.